The molecule has 0 amide bonds. The predicted molar refractivity (Wildman–Crippen MR) is 85.1 cm³/mol. The van der Waals surface area contributed by atoms with Gasteiger partial charge in [0.05, 0.1) is 0 Å². The summed E-state index contributed by atoms with van der Waals surface area (Å²) in [6.45, 7) is 8.59. The largest absolute Gasteiger partial charge is 0.383 e. The highest BCUT2D eigenvalue weighted by Crippen LogP contribution is 2.32. The molecule has 1 aliphatic carbocycles. The molecule has 2 N–H and O–H groups in total. The summed E-state index contributed by atoms with van der Waals surface area (Å²) in [7, 11) is 2.16. The van der Waals surface area contributed by atoms with E-state index in [0.29, 0.717) is 23.7 Å². The Kier molecular flexibility index (Phi) is 4.51. The molecule has 1 heterocycles. The average Bonchev–Trinajstić information content (AvgIpc) is 2.41. The minimum absolute atomic E-state index is 0.300. The zero-order valence-electron chi connectivity index (χ0n) is 13.5. The summed E-state index contributed by atoms with van der Waals surface area (Å²) in [5.74, 6) is 3.49. The van der Waals surface area contributed by atoms with E-state index < -0.39 is 0 Å². The Balaban J connectivity index is 2.35. The van der Waals surface area contributed by atoms with Crippen molar-refractivity contribution in [1.29, 1.82) is 0 Å². The predicted octanol–water partition coefficient (Wildman–Crippen LogP) is 3.51. The highest BCUT2D eigenvalue weighted by molar-refractivity contribution is 5.56. The molecule has 2 unspecified atom stereocenters. The van der Waals surface area contributed by atoms with Crippen LogP contribution in [0.15, 0.2) is 0 Å². The molecule has 2 rings (SSSR count). The summed E-state index contributed by atoms with van der Waals surface area (Å²) in [5.41, 5.74) is 7.09. The Morgan fingerprint density at radius 1 is 1.20 bits per heavy atom. The third-order valence-corrected chi connectivity index (χ3v) is 4.59. The number of aromatic nitrogens is 2. The van der Waals surface area contributed by atoms with E-state index >= 15 is 0 Å². The molecule has 2 atom stereocenters. The lowest BCUT2D eigenvalue weighted by Gasteiger charge is -2.37. The number of anilines is 2. The molecule has 4 heteroatoms. The van der Waals surface area contributed by atoms with Crippen LogP contribution in [0.1, 0.15) is 63.8 Å². The van der Waals surface area contributed by atoms with Gasteiger partial charge in [-0.2, -0.15) is 0 Å². The van der Waals surface area contributed by atoms with Crippen LogP contribution in [0, 0.1) is 12.8 Å². The first-order valence-electron chi connectivity index (χ1n) is 7.78. The van der Waals surface area contributed by atoms with Crippen LogP contribution in [0.25, 0.3) is 0 Å². The lowest BCUT2D eigenvalue weighted by atomic mass is 9.85. The molecular weight excluding hydrogens is 248 g/mol. The first-order valence-corrected chi connectivity index (χ1v) is 7.78. The van der Waals surface area contributed by atoms with Crippen LogP contribution in [0.2, 0.25) is 0 Å². The third-order valence-electron chi connectivity index (χ3n) is 4.59. The maximum atomic E-state index is 6.08. The monoisotopic (exact) mass is 276 g/mol. The highest BCUT2D eigenvalue weighted by atomic mass is 15.2. The molecule has 0 radical (unpaired) electrons. The van der Waals surface area contributed by atoms with Gasteiger partial charge in [0.1, 0.15) is 17.5 Å². The van der Waals surface area contributed by atoms with Gasteiger partial charge in [0.2, 0.25) is 0 Å². The highest BCUT2D eigenvalue weighted by Gasteiger charge is 2.27. The van der Waals surface area contributed by atoms with E-state index in [1.165, 1.54) is 25.7 Å². The fourth-order valence-corrected chi connectivity index (χ4v) is 3.17. The maximum absolute atomic E-state index is 6.08. The number of nitrogen functional groups attached to an aromatic ring is 1. The smallest absolute Gasteiger partial charge is 0.137 e. The summed E-state index contributed by atoms with van der Waals surface area (Å²) in [5, 5.41) is 0. The second-order valence-corrected chi connectivity index (χ2v) is 6.51. The van der Waals surface area contributed by atoms with Crippen LogP contribution >= 0.6 is 0 Å². The normalized spacial score (nSPS) is 23.1. The van der Waals surface area contributed by atoms with E-state index in [9.17, 15) is 0 Å². The van der Waals surface area contributed by atoms with Gasteiger partial charge in [-0.3, -0.25) is 0 Å². The second-order valence-electron chi connectivity index (χ2n) is 6.51. The van der Waals surface area contributed by atoms with Crippen molar-refractivity contribution in [2.45, 2.75) is 65.3 Å². The van der Waals surface area contributed by atoms with Crippen molar-refractivity contribution >= 4 is 11.6 Å². The van der Waals surface area contributed by atoms with Gasteiger partial charge in [-0.25, -0.2) is 9.97 Å². The van der Waals surface area contributed by atoms with Crippen LogP contribution in [0.5, 0.6) is 0 Å². The Labute approximate surface area is 122 Å². The van der Waals surface area contributed by atoms with E-state index in [0.717, 1.165) is 17.2 Å². The Morgan fingerprint density at radius 2 is 1.85 bits per heavy atom. The molecule has 0 bridgehead atoms. The Bertz CT molecular complexity index is 470. The minimum atomic E-state index is 0.300. The molecule has 0 saturated heterocycles. The third kappa shape index (κ3) is 2.89. The van der Waals surface area contributed by atoms with Crippen molar-refractivity contribution in [2.24, 2.45) is 5.92 Å². The van der Waals surface area contributed by atoms with E-state index in [-0.39, 0.29) is 0 Å². The molecule has 0 aliphatic heterocycles. The van der Waals surface area contributed by atoms with Gasteiger partial charge in [0.25, 0.3) is 0 Å². The number of rotatable bonds is 3. The van der Waals surface area contributed by atoms with Gasteiger partial charge in [-0.1, -0.05) is 33.6 Å². The fourth-order valence-electron chi connectivity index (χ4n) is 3.17. The minimum Gasteiger partial charge on any atom is -0.383 e. The first-order chi connectivity index (χ1) is 9.41. The number of hydrogen-bond donors (Lipinski definition) is 1. The summed E-state index contributed by atoms with van der Waals surface area (Å²) in [6, 6.07) is 0.566. The lowest BCUT2D eigenvalue weighted by molar-refractivity contribution is 0.320. The molecule has 1 aromatic heterocycles. The van der Waals surface area contributed by atoms with Crippen molar-refractivity contribution in [3.63, 3.8) is 0 Å². The summed E-state index contributed by atoms with van der Waals surface area (Å²) in [6.07, 6.45) is 5.23. The molecule has 20 heavy (non-hydrogen) atoms. The van der Waals surface area contributed by atoms with Crippen molar-refractivity contribution in [3.05, 3.63) is 11.4 Å². The summed E-state index contributed by atoms with van der Waals surface area (Å²) < 4.78 is 0. The zero-order chi connectivity index (χ0) is 14.9. The van der Waals surface area contributed by atoms with Crippen molar-refractivity contribution in [2.75, 3.05) is 17.7 Å². The number of nitrogens with zero attached hydrogens (tertiary/aromatic N) is 3. The van der Waals surface area contributed by atoms with Crippen molar-refractivity contribution in [3.8, 4) is 0 Å². The molecule has 4 nitrogen and oxygen atoms in total. The molecule has 0 aromatic carbocycles. The standard InChI is InChI=1S/C16H28N4/c1-10(2)15-18-14(17)12(4)16(19-15)20(5)13-9-7-6-8-11(13)3/h10-11,13H,6-9H2,1-5H3,(H2,17,18,19). The molecule has 112 valence electrons. The Morgan fingerprint density at radius 3 is 2.45 bits per heavy atom. The molecular formula is C16H28N4. The van der Waals surface area contributed by atoms with Gasteiger partial charge < -0.3 is 10.6 Å². The molecule has 1 aromatic rings. The van der Waals surface area contributed by atoms with E-state index in [2.05, 4.69) is 37.7 Å². The van der Waals surface area contributed by atoms with Gasteiger partial charge in [-0.05, 0) is 25.7 Å². The summed E-state index contributed by atoms with van der Waals surface area (Å²) in [4.78, 5) is 11.5. The van der Waals surface area contributed by atoms with Gasteiger partial charge >= 0.3 is 0 Å². The van der Waals surface area contributed by atoms with Crippen molar-refractivity contribution in [1.82, 2.24) is 9.97 Å². The fraction of sp³-hybridized carbons (Fsp3) is 0.750. The van der Waals surface area contributed by atoms with E-state index in [1.54, 1.807) is 0 Å². The van der Waals surface area contributed by atoms with Gasteiger partial charge in [-0.15, -0.1) is 0 Å². The summed E-state index contributed by atoms with van der Waals surface area (Å²) >= 11 is 0. The van der Waals surface area contributed by atoms with E-state index in [1.807, 2.05) is 6.92 Å². The first kappa shape index (κ1) is 15.1. The SMILES string of the molecule is Cc1c(N)nc(C(C)C)nc1N(C)C1CCCCC1C. The number of nitrogens with two attached hydrogens (primary N) is 1. The lowest BCUT2D eigenvalue weighted by Crippen LogP contribution is -2.40. The van der Waals surface area contributed by atoms with Crippen LogP contribution in [-0.4, -0.2) is 23.1 Å². The second kappa shape index (κ2) is 5.98. The molecule has 1 aliphatic rings. The topological polar surface area (TPSA) is 55.0 Å². The van der Waals surface area contributed by atoms with Crippen LogP contribution in [0.3, 0.4) is 0 Å². The van der Waals surface area contributed by atoms with E-state index in [4.69, 9.17) is 10.7 Å². The van der Waals surface area contributed by atoms with Gasteiger partial charge in [0.15, 0.2) is 0 Å². The molecule has 1 saturated carbocycles. The zero-order valence-corrected chi connectivity index (χ0v) is 13.5. The molecule has 0 spiro atoms. The maximum Gasteiger partial charge on any atom is 0.137 e. The average molecular weight is 276 g/mol. The van der Waals surface area contributed by atoms with Crippen LogP contribution in [0.4, 0.5) is 11.6 Å². The number of hydrogen-bond acceptors (Lipinski definition) is 4. The van der Waals surface area contributed by atoms with Crippen LogP contribution < -0.4 is 10.6 Å². The Hall–Kier alpha value is -1.32. The van der Waals surface area contributed by atoms with Gasteiger partial charge in [0, 0.05) is 24.6 Å². The quantitative estimate of drug-likeness (QED) is 0.918. The van der Waals surface area contributed by atoms with Crippen molar-refractivity contribution < 1.29 is 0 Å². The molecule has 1 fully saturated rings. The van der Waals surface area contributed by atoms with Crippen LogP contribution in [-0.2, 0) is 0 Å².